The zero-order chi connectivity index (χ0) is 12.5. The van der Waals surface area contributed by atoms with Gasteiger partial charge in [-0.15, -0.1) is 0 Å². The van der Waals surface area contributed by atoms with Crippen molar-refractivity contribution in [1.29, 1.82) is 0 Å². The number of hydrogen-bond donors (Lipinski definition) is 1. The Morgan fingerprint density at radius 2 is 1.82 bits per heavy atom. The minimum Gasteiger partial charge on any atom is -0.330 e. The second-order valence-electron chi connectivity index (χ2n) is 4.66. The van der Waals surface area contributed by atoms with Gasteiger partial charge in [0.1, 0.15) is 5.82 Å². The van der Waals surface area contributed by atoms with Gasteiger partial charge >= 0.3 is 0 Å². The van der Waals surface area contributed by atoms with Gasteiger partial charge in [-0.05, 0) is 30.5 Å². The Morgan fingerprint density at radius 3 is 2.47 bits per heavy atom. The van der Waals surface area contributed by atoms with Crippen molar-refractivity contribution in [2.24, 2.45) is 5.73 Å². The van der Waals surface area contributed by atoms with Crippen molar-refractivity contribution in [3.63, 3.8) is 0 Å². The first-order valence-electron chi connectivity index (χ1n) is 6.74. The van der Waals surface area contributed by atoms with Gasteiger partial charge in [-0.1, -0.05) is 57.2 Å². The van der Waals surface area contributed by atoms with Crippen LogP contribution in [0, 0.1) is 5.82 Å². The summed E-state index contributed by atoms with van der Waals surface area (Å²) in [4.78, 5) is 0. The quantitative estimate of drug-likeness (QED) is 0.673. The molecule has 1 nitrogen and oxygen atoms in total. The van der Waals surface area contributed by atoms with Crippen molar-refractivity contribution in [1.82, 2.24) is 0 Å². The average molecular weight is 237 g/mol. The van der Waals surface area contributed by atoms with Crippen LogP contribution in [0.1, 0.15) is 56.9 Å². The largest absolute Gasteiger partial charge is 0.330 e. The molecule has 0 fully saturated rings. The van der Waals surface area contributed by atoms with Gasteiger partial charge in [0.15, 0.2) is 0 Å². The number of halogens is 1. The molecule has 1 aromatic rings. The van der Waals surface area contributed by atoms with Crippen LogP contribution in [0.2, 0.25) is 0 Å². The molecule has 0 radical (unpaired) electrons. The lowest BCUT2D eigenvalue weighted by atomic mass is 9.92. The van der Waals surface area contributed by atoms with Gasteiger partial charge in [0.25, 0.3) is 0 Å². The number of unbranched alkanes of at least 4 members (excludes halogenated alkanes) is 4. The highest BCUT2D eigenvalue weighted by atomic mass is 19.1. The average Bonchev–Trinajstić information content (AvgIpc) is 2.35. The zero-order valence-corrected chi connectivity index (χ0v) is 10.8. The summed E-state index contributed by atoms with van der Waals surface area (Å²) in [5.74, 6) is 0.0642. The molecule has 17 heavy (non-hydrogen) atoms. The summed E-state index contributed by atoms with van der Waals surface area (Å²) in [5, 5.41) is 0. The third kappa shape index (κ3) is 4.86. The number of rotatable bonds is 8. The van der Waals surface area contributed by atoms with E-state index in [0.717, 1.165) is 18.4 Å². The Bertz CT molecular complexity index is 312. The Morgan fingerprint density at radius 1 is 1.12 bits per heavy atom. The van der Waals surface area contributed by atoms with Crippen molar-refractivity contribution in [3.8, 4) is 0 Å². The van der Waals surface area contributed by atoms with E-state index in [0.29, 0.717) is 6.54 Å². The van der Waals surface area contributed by atoms with Gasteiger partial charge in [-0.25, -0.2) is 4.39 Å². The fourth-order valence-electron chi connectivity index (χ4n) is 2.20. The smallest absolute Gasteiger partial charge is 0.126 e. The Hall–Kier alpha value is -0.890. The van der Waals surface area contributed by atoms with Gasteiger partial charge in [-0.2, -0.15) is 0 Å². The van der Waals surface area contributed by atoms with Crippen LogP contribution in [0.4, 0.5) is 4.39 Å². The maximum atomic E-state index is 13.6. The van der Waals surface area contributed by atoms with Gasteiger partial charge in [0, 0.05) is 0 Å². The van der Waals surface area contributed by atoms with E-state index < -0.39 is 0 Å². The lowest BCUT2D eigenvalue weighted by Gasteiger charge is -2.15. The summed E-state index contributed by atoms with van der Waals surface area (Å²) in [6, 6.07) is 7.00. The summed E-state index contributed by atoms with van der Waals surface area (Å²) in [6.45, 7) is 2.75. The summed E-state index contributed by atoms with van der Waals surface area (Å²) in [7, 11) is 0. The zero-order valence-electron chi connectivity index (χ0n) is 10.8. The van der Waals surface area contributed by atoms with E-state index >= 15 is 0 Å². The summed E-state index contributed by atoms with van der Waals surface area (Å²) >= 11 is 0. The lowest BCUT2D eigenvalue weighted by molar-refractivity contribution is 0.522. The fraction of sp³-hybridized carbons (Fsp3) is 0.600. The topological polar surface area (TPSA) is 26.0 Å². The molecule has 0 aliphatic heterocycles. The molecule has 0 spiro atoms. The number of benzene rings is 1. The predicted molar refractivity (Wildman–Crippen MR) is 71.6 cm³/mol. The normalized spacial score (nSPS) is 12.6. The Labute approximate surface area is 104 Å². The van der Waals surface area contributed by atoms with E-state index in [-0.39, 0.29) is 11.7 Å². The van der Waals surface area contributed by atoms with Crippen molar-refractivity contribution >= 4 is 0 Å². The maximum absolute atomic E-state index is 13.6. The SMILES string of the molecule is CCCCCCCC(CN)c1ccccc1F. The van der Waals surface area contributed by atoms with Crippen LogP contribution < -0.4 is 5.73 Å². The molecule has 0 heterocycles. The predicted octanol–water partition coefficient (Wildman–Crippen LogP) is 4.23. The molecular formula is C15H24FN. The highest BCUT2D eigenvalue weighted by Gasteiger charge is 2.13. The minimum atomic E-state index is -0.114. The Kier molecular flexibility index (Phi) is 6.87. The fourth-order valence-corrected chi connectivity index (χ4v) is 2.20. The molecule has 2 N–H and O–H groups in total. The molecule has 96 valence electrons. The van der Waals surface area contributed by atoms with E-state index in [1.807, 2.05) is 12.1 Å². The van der Waals surface area contributed by atoms with Crippen LogP contribution in [0.5, 0.6) is 0 Å². The van der Waals surface area contributed by atoms with Gasteiger partial charge in [-0.3, -0.25) is 0 Å². The van der Waals surface area contributed by atoms with Crippen LogP contribution in [0.3, 0.4) is 0 Å². The van der Waals surface area contributed by atoms with E-state index in [1.165, 1.54) is 31.7 Å². The molecule has 0 saturated heterocycles. The van der Waals surface area contributed by atoms with Crippen molar-refractivity contribution < 1.29 is 4.39 Å². The van der Waals surface area contributed by atoms with Crippen LogP contribution in [0.15, 0.2) is 24.3 Å². The minimum absolute atomic E-state index is 0.114. The van der Waals surface area contributed by atoms with E-state index in [2.05, 4.69) is 6.92 Å². The van der Waals surface area contributed by atoms with Crippen molar-refractivity contribution in [2.45, 2.75) is 51.4 Å². The second-order valence-corrected chi connectivity index (χ2v) is 4.66. The molecule has 0 aliphatic carbocycles. The molecule has 1 rings (SSSR count). The molecule has 1 aromatic carbocycles. The Balaban J connectivity index is 2.41. The van der Waals surface area contributed by atoms with Crippen LogP contribution >= 0.6 is 0 Å². The van der Waals surface area contributed by atoms with E-state index in [4.69, 9.17) is 5.73 Å². The van der Waals surface area contributed by atoms with Gasteiger partial charge < -0.3 is 5.73 Å². The molecule has 0 bridgehead atoms. The highest BCUT2D eigenvalue weighted by molar-refractivity contribution is 5.21. The number of nitrogens with two attached hydrogens (primary N) is 1. The first kappa shape index (κ1) is 14.2. The summed E-state index contributed by atoms with van der Waals surface area (Å²) in [5.41, 5.74) is 6.53. The highest BCUT2D eigenvalue weighted by Crippen LogP contribution is 2.24. The van der Waals surface area contributed by atoms with E-state index in [9.17, 15) is 4.39 Å². The molecule has 0 aromatic heterocycles. The molecule has 1 unspecified atom stereocenters. The monoisotopic (exact) mass is 237 g/mol. The first-order chi connectivity index (χ1) is 8.29. The first-order valence-corrected chi connectivity index (χ1v) is 6.74. The molecule has 0 amide bonds. The maximum Gasteiger partial charge on any atom is 0.126 e. The van der Waals surface area contributed by atoms with E-state index in [1.54, 1.807) is 6.07 Å². The van der Waals surface area contributed by atoms with Crippen LogP contribution in [-0.4, -0.2) is 6.54 Å². The van der Waals surface area contributed by atoms with Crippen LogP contribution in [-0.2, 0) is 0 Å². The van der Waals surface area contributed by atoms with Gasteiger partial charge in [0.2, 0.25) is 0 Å². The van der Waals surface area contributed by atoms with Crippen molar-refractivity contribution in [3.05, 3.63) is 35.6 Å². The number of hydrogen-bond acceptors (Lipinski definition) is 1. The standard InChI is InChI=1S/C15H24FN/c1-2-3-4-5-6-9-13(12-17)14-10-7-8-11-15(14)16/h7-8,10-11,13H,2-6,9,12,17H2,1H3. The molecule has 0 aliphatic rings. The molecule has 0 saturated carbocycles. The molecule has 1 atom stereocenters. The molecular weight excluding hydrogens is 213 g/mol. The third-order valence-electron chi connectivity index (χ3n) is 3.29. The third-order valence-corrected chi connectivity index (χ3v) is 3.29. The van der Waals surface area contributed by atoms with Crippen LogP contribution in [0.25, 0.3) is 0 Å². The van der Waals surface area contributed by atoms with Gasteiger partial charge in [0.05, 0.1) is 0 Å². The lowest BCUT2D eigenvalue weighted by Crippen LogP contribution is -2.13. The second kappa shape index (κ2) is 8.24. The summed E-state index contributed by atoms with van der Waals surface area (Å²) < 4.78 is 13.6. The van der Waals surface area contributed by atoms with Crippen molar-refractivity contribution in [2.75, 3.05) is 6.54 Å². The molecule has 2 heteroatoms. The summed E-state index contributed by atoms with van der Waals surface area (Å²) in [6.07, 6.45) is 7.22.